The van der Waals surface area contributed by atoms with Crippen molar-refractivity contribution in [1.29, 1.82) is 0 Å². The maximum Gasteiger partial charge on any atom is 0.222 e. The third-order valence-corrected chi connectivity index (χ3v) is 2.57. The summed E-state index contributed by atoms with van der Waals surface area (Å²) in [5, 5.41) is 0. The van der Waals surface area contributed by atoms with Gasteiger partial charge >= 0.3 is 0 Å². The maximum absolute atomic E-state index is 11.6. The zero-order valence-electron chi connectivity index (χ0n) is 8.83. The molecular formula is C11H18N2O. The summed E-state index contributed by atoms with van der Waals surface area (Å²) in [5.41, 5.74) is 0. The zero-order chi connectivity index (χ0) is 10.4. The third-order valence-electron chi connectivity index (χ3n) is 2.57. The molecule has 0 aliphatic carbocycles. The Hall–Kier alpha value is -1.01. The first-order valence-electron chi connectivity index (χ1n) is 5.14. The summed E-state index contributed by atoms with van der Waals surface area (Å²) in [6.45, 7) is 3.71. The monoisotopic (exact) mass is 194 g/mol. The van der Waals surface area contributed by atoms with E-state index < -0.39 is 0 Å². The molecule has 3 nitrogen and oxygen atoms in total. The first-order chi connectivity index (χ1) is 6.74. The molecule has 1 aliphatic rings. The molecule has 0 radical (unpaired) electrons. The Balaban J connectivity index is 2.21. The van der Waals surface area contributed by atoms with E-state index in [4.69, 9.17) is 6.42 Å². The predicted octanol–water partition coefficient (Wildman–Crippen LogP) is 0.564. The van der Waals surface area contributed by atoms with Gasteiger partial charge < -0.3 is 9.80 Å². The van der Waals surface area contributed by atoms with Gasteiger partial charge in [0.15, 0.2) is 0 Å². The van der Waals surface area contributed by atoms with E-state index in [1.807, 2.05) is 4.90 Å². The molecule has 1 heterocycles. The molecule has 0 saturated carbocycles. The molecule has 1 amide bonds. The SMILES string of the molecule is C#CCCCC(=O)N1CCN(C)CC1. The van der Waals surface area contributed by atoms with E-state index in [0.717, 1.165) is 32.6 Å². The molecule has 0 aromatic rings. The number of likely N-dealkylation sites (N-methyl/N-ethyl adjacent to an activating group) is 1. The van der Waals surface area contributed by atoms with E-state index in [-0.39, 0.29) is 5.91 Å². The Labute approximate surface area is 86.1 Å². The molecule has 0 aromatic heterocycles. The maximum atomic E-state index is 11.6. The molecule has 0 bridgehead atoms. The average Bonchev–Trinajstić information content (AvgIpc) is 2.19. The number of rotatable bonds is 3. The van der Waals surface area contributed by atoms with E-state index in [1.165, 1.54) is 0 Å². The van der Waals surface area contributed by atoms with Crippen molar-refractivity contribution in [2.45, 2.75) is 19.3 Å². The fraction of sp³-hybridized carbons (Fsp3) is 0.727. The number of nitrogens with zero attached hydrogens (tertiary/aromatic N) is 2. The van der Waals surface area contributed by atoms with Crippen LogP contribution in [0.1, 0.15) is 19.3 Å². The lowest BCUT2D eigenvalue weighted by Gasteiger charge is -2.32. The van der Waals surface area contributed by atoms with Gasteiger partial charge in [-0.3, -0.25) is 4.79 Å². The summed E-state index contributed by atoms with van der Waals surface area (Å²) in [6.07, 6.45) is 7.26. The van der Waals surface area contributed by atoms with Crippen molar-refractivity contribution in [2.75, 3.05) is 33.2 Å². The molecule has 1 fully saturated rings. The molecule has 1 rings (SSSR count). The van der Waals surface area contributed by atoms with Gasteiger partial charge in [0.1, 0.15) is 0 Å². The number of carbonyl (C=O) groups excluding carboxylic acids is 1. The van der Waals surface area contributed by atoms with Gasteiger partial charge in [-0.05, 0) is 13.5 Å². The zero-order valence-corrected chi connectivity index (χ0v) is 8.83. The van der Waals surface area contributed by atoms with Crippen LogP contribution in [0.25, 0.3) is 0 Å². The summed E-state index contributed by atoms with van der Waals surface area (Å²) < 4.78 is 0. The highest BCUT2D eigenvalue weighted by Crippen LogP contribution is 2.04. The van der Waals surface area contributed by atoms with Crippen LogP contribution in [0.2, 0.25) is 0 Å². The third kappa shape index (κ3) is 3.39. The number of carbonyl (C=O) groups is 1. The second kappa shape index (κ2) is 5.66. The number of amides is 1. The first kappa shape index (κ1) is 11.1. The van der Waals surface area contributed by atoms with Gasteiger partial charge in [-0.1, -0.05) is 0 Å². The normalized spacial score (nSPS) is 17.9. The van der Waals surface area contributed by atoms with Gasteiger partial charge in [0.2, 0.25) is 5.91 Å². The van der Waals surface area contributed by atoms with Crippen LogP contribution < -0.4 is 0 Å². The quantitative estimate of drug-likeness (QED) is 0.484. The smallest absolute Gasteiger partial charge is 0.222 e. The van der Waals surface area contributed by atoms with E-state index in [2.05, 4.69) is 17.9 Å². The highest BCUT2D eigenvalue weighted by molar-refractivity contribution is 5.76. The summed E-state index contributed by atoms with van der Waals surface area (Å²) in [7, 11) is 2.08. The van der Waals surface area contributed by atoms with E-state index >= 15 is 0 Å². The Bertz CT molecular complexity index is 224. The van der Waals surface area contributed by atoms with E-state index in [0.29, 0.717) is 12.8 Å². The number of unbranched alkanes of at least 4 members (excludes halogenated alkanes) is 1. The number of hydrogen-bond acceptors (Lipinski definition) is 2. The van der Waals surface area contributed by atoms with Crippen LogP contribution in [-0.2, 0) is 4.79 Å². The highest BCUT2D eigenvalue weighted by atomic mass is 16.2. The van der Waals surface area contributed by atoms with Crippen molar-refractivity contribution in [1.82, 2.24) is 9.80 Å². The molecule has 14 heavy (non-hydrogen) atoms. The second-order valence-corrected chi connectivity index (χ2v) is 3.74. The number of piperazine rings is 1. The van der Waals surface area contributed by atoms with Crippen LogP contribution in [-0.4, -0.2) is 48.9 Å². The Morgan fingerprint density at radius 3 is 2.57 bits per heavy atom. The van der Waals surface area contributed by atoms with Crippen molar-refractivity contribution >= 4 is 5.91 Å². The lowest BCUT2D eigenvalue weighted by molar-refractivity contribution is -0.132. The number of hydrogen-bond donors (Lipinski definition) is 0. The van der Waals surface area contributed by atoms with Crippen molar-refractivity contribution < 1.29 is 4.79 Å². The van der Waals surface area contributed by atoms with E-state index in [1.54, 1.807) is 0 Å². The minimum absolute atomic E-state index is 0.258. The molecular weight excluding hydrogens is 176 g/mol. The fourth-order valence-electron chi connectivity index (χ4n) is 1.56. The molecule has 3 heteroatoms. The molecule has 0 atom stereocenters. The molecule has 0 unspecified atom stereocenters. The van der Waals surface area contributed by atoms with Crippen LogP contribution >= 0.6 is 0 Å². The molecule has 78 valence electrons. The van der Waals surface area contributed by atoms with Gasteiger partial charge in [0.05, 0.1) is 0 Å². The summed E-state index contributed by atoms with van der Waals surface area (Å²) in [5.74, 6) is 2.81. The van der Waals surface area contributed by atoms with Gasteiger partial charge in [-0.25, -0.2) is 0 Å². The van der Waals surface area contributed by atoms with Gasteiger partial charge in [-0.2, -0.15) is 0 Å². The summed E-state index contributed by atoms with van der Waals surface area (Å²) in [4.78, 5) is 15.8. The first-order valence-corrected chi connectivity index (χ1v) is 5.14. The predicted molar refractivity (Wildman–Crippen MR) is 56.8 cm³/mol. The second-order valence-electron chi connectivity index (χ2n) is 3.74. The summed E-state index contributed by atoms with van der Waals surface area (Å²) in [6, 6.07) is 0. The molecule has 0 spiro atoms. The molecule has 1 aliphatic heterocycles. The Morgan fingerprint density at radius 2 is 2.00 bits per heavy atom. The Morgan fingerprint density at radius 1 is 1.36 bits per heavy atom. The fourth-order valence-corrected chi connectivity index (χ4v) is 1.56. The van der Waals surface area contributed by atoms with Crippen molar-refractivity contribution in [2.24, 2.45) is 0 Å². The Kier molecular flexibility index (Phi) is 4.48. The van der Waals surface area contributed by atoms with Crippen LogP contribution in [0.4, 0.5) is 0 Å². The standard InChI is InChI=1S/C11H18N2O/c1-3-4-5-6-11(14)13-9-7-12(2)8-10-13/h1H,4-10H2,2H3. The van der Waals surface area contributed by atoms with Gasteiger partial charge in [0, 0.05) is 39.0 Å². The minimum Gasteiger partial charge on any atom is -0.340 e. The van der Waals surface area contributed by atoms with Gasteiger partial charge in [0.25, 0.3) is 0 Å². The lowest BCUT2D eigenvalue weighted by atomic mass is 10.2. The van der Waals surface area contributed by atoms with Crippen LogP contribution in [0, 0.1) is 12.3 Å². The number of terminal acetylenes is 1. The van der Waals surface area contributed by atoms with Crippen LogP contribution in [0.3, 0.4) is 0 Å². The average molecular weight is 194 g/mol. The topological polar surface area (TPSA) is 23.6 Å². The molecule has 0 aromatic carbocycles. The largest absolute Gasteiger partial charge is 0.340 e. The lowest BCUT2D eigenvalue weighted by Crippen LogP contribution is -2.47. The minimum atomic E-state index is 0.258. The summed E-state index contributed by atoms with van der Waals surface area (Å²) >= 11 is 0. The van der Waals surface area contributed by atoms with Crippen molar-refractivity contribution in [3.05, 3.63) is 0 Å². The van der Waals surface area contributed by atoms with Crippen molar-refractivity contribution in [3.8, 4) is 12.3 Å². The van der Waals surface area contributed by atoms with E-state index in [9.17, 15) is 4.79 Å². The van der Waals surface area contributed by atoms with Crippen LogP contribution in [0.15, 0.2) is 0 Å². The van der Waals surface area contributed by atoms with Crippen LogP contribution in [0.5, 0.6) is 0 Å². The van der Waals surface area contributed by atoms with Gasteiger partial charge in [-0.15, -0.1) is 12.3 Å². The molecule has 0 N–H and O–H groups in total. The molecule has 1 saturated heterocycles. The highest BCUT2D eigenvalue weighted by Gasteiger charge is 2.17. The van der Waals surface area contributed by atoms with Crippen molar-refractivity contribution in [3.63, 3.8) is 0 Å².